The van der Waals surface area contributed by atoms with Crippen molar-refractivity contribution in [3.63, 3.8) is 0 Å². The highest BCUT2D eigenvalue weighted by molar-refractivity contribution is 5.74. The predicted molar refractivity (Wildman–Crippen MR) is 321 cm³/mol. The van der Waals surface area contributed by atoms with Crippen LogP contribution in [-0.4, -0.2) is 89.2 Å². The van der Waals surface area contributed by atoms with Crippen molar-refractivity contribution in [2.24, 2.45) is 0 Å². The molecule has 0 saturated carbocycles. The summed E-state index contributed by atoms with van der Waals surface area (Å²) >= 11 is 0. The van der Waals surface area contributed by atoms with Crippen molar-refractivity contribution in [1.82, 2.24) is 0 Å². The smallest absolute Gasteiger partial charge is 0.335 e. The number of aliphatic hydroxyl groups excluding tert-OH is 2. The molecule has 0 spiro atoms. The second-order valence-electron chi connectivity index (χ2n) is 21.3. The Bertz CT molecular complexity index is 1700. The second-order valence-corrected chi connectivity index (χ2v) is 21.3. The van der Waals surface area contributed by atoms with Gasteiger partial charge in [-0.3, -0.25) is 14.4 Å². The van der Waals surface area contributed by atoms with E-state index in [4.69, 9.17) is 23.7 Å². The Hall–Kier alpha value is -4.10. The monoisotopic (exact) mass is 1110 g/mol. The van der Waals surface area contributed by atoms with Gasteiger partial charge in [0, 0.05) is 19.3 Å². The summed E-state index contributed by atoms with van der Waals surface area (Å²) in [6.45, 7) is 5.84. The van der Waals surface area contributed by atoms with E-state index in [0.717, 1.165) is 122 Å². The Kier molecular flexibility index (Phi) is 50.3. The summed E-state index contributed by atoms with van der Waals surface area (Å²) in [5.74, 6) is -3.17. The van der Waals surface area contributed by atoms with E-state index in [1.807, 2.05) is 0 Å². The molecular weight excluding hydrogens is 997 g/mol. The average molecular weight is 1110 g/mol. The largest absolute Gasteiger partial charge is 0.479 e. The molecule has 0 radical (unpaired) electrons. The Labute approximate surface area is 480 Å². The molecular formula is C67H112O12. The van der Waals surface area contributed by atoms with Gasteiger partial charge in [0.25, 0.3) is 0 Å². The molecule has 452 valence electrons. The molecule has 0 amide bonds. The number of esters is 3. The van der Waals surface area contributed by atoms with Gasteiger partial charge in [-0.25, -0.2) is 4.79 Å². The van der Waals surface area contributed by atoms with Gasteiger partial charge in [-0.05, 0) is 116 Å². The minimum absolute atomic E-state index is 0.0443. The first-order valence-electron chi connectivity index (χ1n) is 31.6. The molecule has 79 heavy (non-hydrogen) atoms. The third kappa shape index (κ3) is 44.3. The van der Waals surface area contributed by atoms with Gasteiger partial charge in [-0.2, -0.15) is 0 Å². The number of allylic oxidation sites excluding steroid dienone is 14. The molecule has 1 fully saturated rings. The third-order valence-corrected chi connectivity index (χ3v) is 13.9. The van der Waals surface area contributed by atoms with Crippen LogP contribution in [0.15, 0.2) is 85.1 Å². The molecule has 0 bridgehead atoms. The minimum atomic E-state index is -1.91. The lowest BCUT2D eigenvalue weighted by Crippen LogP contribution is -2.61. The van der Waals surface area contributed by atoms with Gasteiger partial charge >= 0.3 is 23.9 Å². The zero-order valence-electron chi connectivity index (χ0n) is 49.8. The number of carboxylic acids is 1. The highest BCUT2D eigenvalue weighted by atomic mass is 16.7. The lowest BCUT2D eigenvalue weighted by Gasteiger charge is -2.40. The molecule has 1 heterocycles. The van der Waals surface area contributed by atoms with Crippen molar-refractivity contribution in [1.29, 1.82) is 0 Å². The Morgan fingerprint density at radius 3 is 1.25 bits per heavy atom. The standard InChI is InChI=1S/C67H112O12/c1-4-7-10-13-16-19-22-25-27-29-30-32-33-36-38-41-44-47-50-53-59(68)75-56-58(77-60(69)54-51-48-45-42-40-37-34-31-28-26-23-20-17-14-11-8-5-2)57-76-67-65(63(72)62(71)64(79-67)66(73)74)78-61(70)55-52-49-46-43-39-35-24-21-18-15-12-9-6-3/h7,10,16,19,21,24-28,30,32,36,38,58,62-65,67,71-72H,4-6,8-9,11-15,17-18,20,22-23,29,31,33-35,37,39-57H2,1-3H3,(H,73,74)/b10-7-,19-16-,24-21-,27-25-,28-26-,32-30-,38-36-. The average Bonchev–Trinajstić information content (AvgIpc) is 3.44. The fourth-order valence-electron chi connectivity index (χ4n) is 9.09. The zero-order chi connectivity index (χ0) is 57.5. The van der Waals surface area contributed by atoms with Crippen LogP contribution in [0.2, 0.25) is 0 Å². The predicted octanol–water partition coefficient (Wildman–Crippen LogP) is 16.7. The summed E-state index contributed by atoms with van der Waals surface area (Å²) in [6, 6.07) is 0. The molecule has 6 unspecified atom stereocenters. The topological polar surface area (TPSA) is 175 Å². The Morgan fingerprint density at radius 2 is 0.797 bits per heavy atom. The van der Waals surface area contributed by atoms with Crippen molar-refractivity contribution in [2.75, 3.05) is 13.2 Å². The first kappa shape index (κ1) is 72.9. The number of aliphatic hydroxyl groups is 2. The van der Waals surface area contributed by atoms with Gasteiger partial charge in [0.2, 0.25) is 0 Å². The molecule has 1 saturated heterocycles. The molecule has 12 heteroatoms. The van der Waals surface area contributed by atoms with Crippen LogP contribution in [0, 0.1) is 0 Å². The second kappa shape index (κ2) is 54.5. The van der Waals surface area contributed by atoms with E-state index in [1.54, 1.807) is 0 Å². The van der Waals surface area contributed by atoms with Crippen LogP contribution in [-0.2, 0) is 42.9 Å². The van der Waals surface area contributed by atoms with Crippen molar-refractivity contribution in [3.8, 4) is 0 Å². The molecule has 1 rings (SSSR count). The van der Waals surface area contributed by atoms with Gasteiger partial charge in [0.15, 0.2) is 24.6 Å². The maximum absolute atomic E-state index is 13.2. The third-order valence-electron chi connectivity index (χ3n) is 13.9. The quantitative estimate of drug-likeness (QED) is 0.0228. The van der Waals surface area contributed by atoms with Crippen molar-refractivity contribution >= 4 is 23.9 Å². The number of carbonyl (C=O) groups excluding carboxylic acids is 3. The molecule has 3 N–H and O–H groups in total. The van der Waals surface area contributed by atoms with Crippen LogP contribution in [0.1, 0.15) is 265 Å². The number of hydrogen-bond acceptors (Lipinski definition) is 11. The number of carbonyl (C=O) groups is 4. The van der Waals surface area contributed by atoms with Crippen LogP contribution < -0.4 is 0 Å². The van der Waals surface area contributed by atoms with E-state index in [9.17, 15) is 34.5 Å². The number of rotatable bonds is 53. The van der Waals surface area contributed by atoms with Crippen LogP contribution in [0.25, 0.3) is 0 Å². The molecule has 6 atom stereocenters. The molecule has 1 aliphatic heterocycles. The SMILES string of the molecule is CC/C=C\C/C=C\C/C=C\C/C=C\C/C=C\CCCCCC(=O)OCC(COC1OC(C(=O)O)C(O)C(O)C1OC(=O)CCCCCCC/C=C\CCCCCC)OC(=O)CCCCCCCCC/C=C\CCCCCCCC. The van der Waals surface area contributed by atoms with Gasteiger partial charge in [0.1, 0.15) is 18.8 Å². The van der Waals surface area contributed by atoms with Gasteiger partial charge < -0.3 is 39.0 Å². The fourth-order valence-corrected chi connectivity index (χ4v) is 9.09. The van der Waals surface area contributed by atoms with E-state index in [1.165, 1.54) is 83.5 Å². The summed E-state index contributed by atoms with van der Waals surface area (Å²) in [5.41, 5.74) is 0. The normalized spacial score (nSPS) is 18.4. The van der Waals surface area contributed by atoms with Crippen LogP contribution in [0.4, 0.5) is 0 Å². The van der Waals surface area contributed by atoms with Crippen LogP contribution in [0.3, 0.4) is 0 Å². The van der Waals surface area contributed by atoms with E-state index in [-0.39, 0.29) is 25.9 Å². The maximum Gasteiger partial charge on any atom is 0.335 e. The summed E-state index contributed by atoms with van der Waals surface area (Å²) < 4.78 is 28.5. The van der Waals surface area contributed by atoms with E-state index in [0.29, 0.717) is 19.3 Å². The van der Waals surface area contributed by atoms with E-state index < -0.39 is 67.3 Å². The highest BCUT2D eigenvalue weighted by Gasteiger charge is 2.50. The first-order chi connectivity index (χ1) is 38.6. The first-order valence-corrected chi connectivity index (χ1v) is 31.6. The summed E-state index contributed by atoms with van der Waals surface area (Å²) in [6.07, 6.45) is 58.3. The highest BCUT2D eigenvalue weighted by Crippen LogP contribution is 2.26. The van der Waals surface area contributed by atoms with Crippen molar-refractivity contribution in [2.45, 2.75) is 302 Å². The molecule has 12 nitrogen and oxygen atoms in total. The number of carboxylic acid groups (broad SMARTS) is 1. The Morgan fingerprint density at radius 1 is 0.430 bits per heavy atom. The lowest BCUT2D eigenvalue weighted by molar-refractivity contribution is -0.301. The van der Waals surface area contributed by atoms with Crippen molar-refractivity contribution < 1.29 is 58.2 Å². The van der Waals surface area contributed by atoms with Crippen molar-refractivity contribution in [3.05, 3.63) is 85.1 Å². The fraction of sp³-hybridized carbons (Fsp3) is 0.731. The number of unbranched alkanes of at least 4 members (excludes halogenated alkanes) is 25. The number of ether oxygens (including phenoxy) is 5. The van der Waals surface area contributed by atoms with Gasteiger partial charge in [-0.15, -0.1) is 0 Å². The van der Waals surface area contributed by atoms with E-state index >= 15 is 0 Å². The molecule has 1 aliphatic rings. The zero-order valence-corrected chi connectivity index (χ0v) is 49.8. The van der Waals surface area contributed by atoms with Gasteiger partial charge in [-0.1, -0.05) is 215 Å². The minimum Gasteiger partial charge on any atom is -0.479 e. The van der Waals surface area contributed by atoms with Crippen LogP contribution >= 0.6 is 0 Å². The van der Waals surface area contributed by atoms with Crippen LogP contribution in [0.5, 0.6) is 0 Å². The molecule has 0 aromatic heterocycles. The summed E-state index contributed by atoms with van der Waals surface area (Å²) in [7, 11) is 0. The van der Waals surface area contributed by atoms with Gasteiger partial charge in [0.05, 0.1) is 6.61 Å². The summed E-state index contributed by atoms with van der Waals surface area (Å²) in [4.78, 5) is 51.2. The number of aliphatic carboxylic acids is 1. The maximum atomic E-state index is 13.2. The number of hydrogen-bond donors (Lipinski definition) is 3. The van der Waals surface area contributed by atoms with E-state index in [2.05, 4.69) is 106 Å². The molecule has 0 aromatic rings. The molecule has 0 aromatic carbocycles. The Balaban J connectivity index is 2.70. The summed E-state index contributed by atoms with van der Waals surface area (Å²) in [5, 5.41) is 31.5. The lowest BCUT2D eigenvalue weighted by atomic mass is 9.98. The molecule has 0 aliphatic carbocycles.